The van der Waals surface area contributed by atoms with Crippen molar-refractivity contribution in [2.45, 2.75) is 12.1 Å². The van der Waals surface area contributed by atoms with Gasteiger partial charge in [0.1, 0.15) is 5.82 Å². The first-order valence-electron chi connectivity index (χ1n) is 7.57. The van der Waals surface area contributed by atoms with E-state index in [0.717, 1.165) is 17.7 Å². The summed E-state index contributed by atoms with van der Waals surface area (Å²) in [4.78, 5) is 25.6. The van der Waals surface area contributed by atoms with Crippen LogP contribution in [0.25, 0.3) is 0 Å². The van der Waals surface area contributed by atoms with E-state index in [-0.39, 0.29) is 17.8 Å². The monoisotopic (exact) mass is 352 g/mol. The van der Waals surface area contributed by atoms with Gasteiger partial charge in [-0.05, 0) is 23.8 Å². The smallest absolute Gasteiger partial charge is 0.450 e. The van der Waals surface area contributed by atoms with Crippen LogP contribution in [0.2, 0.25) is 0 Å². The van der Waals surface area contributed by atoms with Crippen LogP contribution in [0.1, 0.15) is 11.1 Å². The van der Waals surface area contributed by atoms with Gasteiger partial charge in [0, 0.05) is 5.56 Å². The van der Waals surface area contributed by atoms with E-state index in [9.17, 15) is 19.2 Å². The highest BCUT2D eigenvalue weighted by atomic mass is 19.1. The average Bonchev–Trinajstić information content (AvgIpc) is 2.84. The molecule has 1 aliphatic rings. The van der Waals surface area contributed by atoms with Crippen molar-refractivity contribution in [1.29, 1.82) is 5.26 Å². The lowest BCUT2D eigenvalue weighted by atomic mass is 9.88. The van der Waals surface area contributed by atoms with E-state index in [2.05, 4.69) is 6.58 Å². The molecular weight excluding hydrogens is 339 g/mol. The number of carboxylic acid groups (broad SMARTS) is 1. The van der Waals surface area contributed by atoms with Crippen LogP contribution in [0.5, 0.6) is 0 Å². The molecule has 130 valence electrons. The fourth-order valence-corrected chi connectivity index (χ4v) is 3.02. The molecule has 0 spiro atoms. The third-order valence-electron chi connectivity index (χ3n) is 4.16. The maximum Gasteiger partial charge on any atom is 0.507 e. The van der Waals surface area contributed by atoms with E-state index < -0.39 is 29.1 Å². The Morgan fingerprint density at radius 3 is 2.62 bits per heavy atom. The molecule has 6 nitrogen and oxygen atoms in total. The second kappa shape index (κ2) is 6.33. The molecular formula is C19H13FN2O4. The molecule has 1 aliphatic heterocycles. The Labute approximate surface area is 148 Å². The SMILES string of the molecule is C=C(C#N)C1(OC(=O)O)C(=O)N(Cc2ccccc2)c2ccc(F)cc21. The molecule has 0 aliphatic carbocycles. The van der Waals surface area contributed by atoms with Crippen molar-refractivity contribution in [2.24, 2.45) is 0 Å². The Bertz CT molecular complexity index is 952. The van der Waals surface area contributed by atoms with Gasteiger partial charge < -0.3 is 14.7 Å². The van der Waals surface area contributed by atoms with Crippen LogP contribution in [0, 0.1) is 17.1 Å². The summed E-state index contributed by atoms with van der Waals surface area (Å²) < 4.78 is 18.7. The van der Waals surface area contributed by atoms with Gasteiger partial charge in [-0.3, -0.25) is 4.79 Å². The highest BCUT2D eigenvalue weighted by molar-refractivity contribution is 6.10. The van der Waals surface area contributed by atoms with E-state index >= 15 is 0 Å². The van der Waals surface area contributed by atoms with Gasteiger partial charge in [0.05, 0.1) is 23.9 Å². The maximum absolute atomic E-state index is 13.8. The number of anilines is 1. The van der Waals surface area contributed by atoms with E-state index in [1.807, 2.05) is 6.07 Å². The zero-order valence-corrected chi connectivity index (χ0v) is 13.5. The molecule has 0 bridgehead atoms. The number of nitrogens with zero attached hydrogens (tertiary/aromatic N) is 2. The molecule has 2 aromatic carbocycles. The van der Waals surface area contributed by atoms with Crippen molar-refractivity contribution in [2.75, 3.05) is 4.90 Å². The molecule has 1 heterocycles. The molecule has 1 amide bonds. The summed E-state index contributed by atoms with van der Waals surface area (Å²) in [6, 6.07) is 14.1. The third kappa shape index (κ3) is 2.58. The molecule has 0 radical (unpaired) electrons. The standard InChI is InChI=1S/C19H13FN2O4/c1-12(10-21)19(26-18(24)25)15-9-14(20)7-8-16(15)22(17(19)23)11-13-5-3-2-4-6-13/h2-9H,1,11H2,(H,24,25). The predicted octanol–water partition coefficient (Wildman–Crippen LogP) is 3.34. The number of halogens is 1. The van der Waals surface area contributed by atoms with Crippen molar-refractivity contribution in [3.8, 4) is 6.07 Å². The molecule has 1 N–H and O–H groups in total. The zero-order valence-electron chi connectivity index (χ0n) is 13.5. The van der Waals surface area contributed by atoms with Crippen LogP contribution in [0.15, 0.2) is 60.7 Å². The van der Waals surface area contributed by atoms with E-state index in [0.29, 0.717) is 0 Å². The number of carbonyl (C=O) groups is 2. The predicted molar refractivity (Wildman–Crippen MR) is 89.6 cm³/mol. The molecule has 2 aromatic rings. The van der Waals surface area contributed by atoms with Crippen LogP contribution < -0.4 is 4.90 Å². The van der Waals surface area contributed by atoms with Crippen LogP contribution in [0.4, 0.5) is 14.9 Å². The number of amides is 1. The van der Waals surface area contributed by atoms with Crippen LogP contribution in [-0.2, 0) is 21.7 Å². The first-order valence-corrected chi connectivity index (χ1v) is 7.57. The number of hydrogen-bond donors (Lipinski definition) is 1. The van der Waals surface area contributed by atoms with Gasteiger partial charge >= 0.3 is 6.16 Å². The summed E-state index contributed by atoms with van der Waals surface area (Å²) in [7, 11) is 0. The van der Waals surface area contributed by atoms with E-state index in [1.165, 1.54) is 11.0 Å². The van der Waals surface area contributed by atoms with Gasteiger partial charge in [-0.1, -0.05) is 36.9 Å². The molecule has 0 saturated heterocycles. The van der Waals surface area contributed by atoms with Crippen molar-refractivity contribution in [3.63, 3.8) is 0 Å². The van der Waals surface area contributed by atoms with E-state index in [1.54, 1.807) is 30.3 Å². The summed E-state index contributed by atoms with van der Waals surface area (Å²) in [5.41, 5.74) is -1.77. The topological polar surface area (TPSA) is 90.6 Å². The summed E-state index contributed by atoms with van der Waals surface area (Å²) in [6.45, 7) is 3.58. The highest BCUT2D eigenvalue weighted by Crippen LogP contribution is 2.47. The molecule has 1 atom stereocenters. The Kier molecular flexibility index (Phi) is 4.18. The number of rotatable bonds is 4. The Morgan fingerprint density at radius 1 is 1.31 bits per heavy atom. The molecule has 26 heavy (non-hydrogen) atoms. The normalized spacial score (nSPS) is 18.2. The molecule has 0 fully saturated rings. The number of ether oxygens (including phenoxy) is 1. The largest absolute Gasteiger partial charge is 0.507 e. The Balaban J connectivity index is 2.19. The Hall–Kier alpha value is -3.66. The minimum absolute atomic E-state index is 0.0626. The lowest BCUT2D eigenvalue weighted by Crippen LogP contribution is -2.44. The lowest BCUT2D eigenvalue weighted by Gasteiger charge is -2.26. The summed E-state index contributed by atoms with van der Waals surface area (Å²) in [6.07, 6.45) is -1.77. The lowest BCUT2D eigenvalue weighted by molar-refractivity contribution is -0.134. The maximum atomic E-state index is 13.8. The van der Waals surface area contributed by atoms with Crippen molar-refractivity contribution in [3.05, 3.63) is 77.6 Å². The van der Waals surface area contributed by atoms with Gasteiger partial charge in [0.25, 0.3) is 11.5 Å². The van der Waals surface area contributed by atoms with Gasteiger partial charge in [0.2, 0.25) is 0 Å². The minimum atomic E-state index is -2.30. The molecule has 7 heteroatoms. The summed E-state index contributed by atoms with van der Waals surface area (Å²) >= 11 is 0. The van der Waals surface area contributed by atoms with Crippen molar-refractivity contribution in [1.82, 2.24) is 0 Å². The fourth-order valence-electron chi connectivity index (χ4n) is 3.02. The number of fused-ring (bicyclic) bond motifs is 1. The van der Waals surface area contributed by atoms with Gasteiger partial charge in [0.15, 0.2) is 0 Å². The third-order valence-corrected chi connectivity index (χ3v) is 4.16. The number of benzene rings is 2. The van der Waals surface area contributed by atoms with Gasteiger partial charge in [-0.25, -0.2) is 9.18 Å². The molecule has 3 rings (SSSR count). The van der Waals surface area contributed by atoms with Crippen LogP contribution in [0.3, 0.4) is 0 Å². The quantitative estimate of drug-likeness (QED) is 0.673. The van der Waals surface area contributed by atoms with Gasteiger partial charge in [-0.2, -0.15) is 5.26 Å². The van der Waals surface area contributed by atoms with Crippen LogP contribution in [-0.4, -0.2) is 17.2 Å². The van der Waals surface area contributed by atoms with Gasteiger partial charge in [-0.15, -0.1) is 0 Å². The molecule has 1 unspecified atom stereocenters. The minimum Gasteiger partial charge on any atom is -0.450 e. The van der Waals surface area contributed by atoms with Crippen LogP contribution >= 0.6 is 0 Å². The highest BCUT2D eigenvalue weighted by Gasteiger charge is 2.57. The summed E-state index contributed by atoms with van der Waals surface area (Å²) in [5.74, 6) is -1.50. The van der Waals surface area contributed by atoms with Crippen molar-refractivity contribution >= 4 is 17.7 Å². The average molecular weight is 352 g/mol. The number of carbonyl (C=O) groups excluding carboxylic acids is 1. The van der Waals surface area contributed by atoms with E-state index in [4.69, 9.17) is 9.84 Å². The number of hydrogen-bond acceptors (Lipinski definition) is 4. The fraction of sp³-hybridized carbons (Fsp3) is 0.105. The zero-order chi connectivity index (χ0) is 18.9. The first kappa shape index (κ1) is 17.2. The molecule has 0 saturated carbocycles. The number of nitriles is 1. The molecule has 0 aromatic heterocycles. The Morgan fingerprint density at radius 2 is 2.00 bits per heavy atom. The second-order valence-corrected chi connectivity index (χ2v) is 5.68. The van der Waals surface area contributed by atoms with Crippen molar-refractivity contribution < 1.29 is 23.8 Å². The second-order valence-electron chi connectivity index (χ2n) is 5.68. The summed E-state index contributed by atoms with van der Waals surface area (Å²) in [5, 5.41) is 18.4. The first-order chi connectivity index (χ1) is 12.4.